The quantitative estimate of drug-likeness (QED) is 0.423. The van der Waals surface area contributed by atoms with Crippen molar-refractivity contribution in [1.29, 1.82) is 0 Å². The molecular weight excluding hydrogens is 450 g/mol. The van der Waals surface area contributed by atoms with Crippen molar-refractivity contribution >= 4 is 42.6 Å². The zero-order chi connectivity index (χ0) is 22.7. The Bertz CT molecular complexity index is 1380. The van der Waals surface area contributed by atoms with Crippen molar-refractivity contribution in [3.8, 4) is 11.1 Å². The molecule has 2 amide bonds. The molecule has 0 aliphatic rings. The molecule has 4 aromatic rings. The number of nitrogens with one attached hydrogen (secondary N) is 2. The summed E-state index contributed by atoms with van der Waals surface area (Å²) < 4.78 is 26.2. The molecule has 4 rings (SSSR count). The van der Waals surface area contributed by atoms with Gasteiger partial charge in [-0.25, -0.2) is 22.9 Å². The monoisotopic (exact) mass is 471 g/mol. The number of sulfone groups is 1. The second kappa shape index (κ2) is 9.01. The fourth-order valence-corrected chi connectivity index (χ4v) is 4.70. The van der Waals surface area contributed by atoms with Crippen molar-refractivity contribution in [2.45, 2.75) is 24.8 Å². The highest BCUT2D eigenvalue weighted by Gasteiger charge is 2.12. The predicted molar refractivity (Wildman–Crippen MR) is 122 cm³/mol. The molecule has 2 aromatic carbocycles. The number of aromatic nitrogens is 5. The Morgan fingerprint density at radius 1 is 1.16 bits per heavy atom. The number of fused-ring (bicyclic) bond motifs is 1. The molecule has 2 N–H and O–H groups in total. The number of hydrogen-bond donors (Lipinski definition) is 2. The predicted octanol–water partition coefficient (Wildman–Crippen LogP) is 2.74. The van der Waals surface area contributed by atoms with Gasteiger partial charge in [0, 0.05) is 19.2 Å². The maximum atomic E-state index is 12.2. The van der Waals surface area contributed by atoms with E-state index in [-0.39, 0.29) is 10.9 Å². The Balaban J connectivity index is 1.43. The fraction of sp³-hybridized carbons (Fsp3) is 0.250. The van der Waals surface area contributed by atoms with Crippen LogP contribution in [0.15, 0.2) is 47.4 Å². The molecule has 2 heterocycles. The molecular formula is C20H21N7O3S2. The lowest BCUT2D eigenvalue weighted by Crippen LogP contribution is -2.32. The van der Waals surface area contributed by atoms with Gasteiger partial charge in [-0.05, 0) is 45.8 Å². The molecule has 0 unspecified atom stereocenters. The van der Waals surface area contributed by atoms with Gasteiger partial charge in [-0.2, -0.15) is 0 Å². The SMILES string of the molecule is CCc1nnnn1CCNC(=O)Nc1nc2ccc(-c3cccc(S(C)(=O)=O)c3)cc2s1. The number of nitrogens with zero attached hydrogens (tertiary/aromatic N) is 5. The number of rotatable bonds is 7. The Hall–Kier alpha value is -3.38. The molecule has 12 heteroatoms. The first kappa shape index (κ1) is 21.8. The highest BCUT2D eigenvalue weighted by Crippen LogP contribution is 2.31. The molecule has 0 saturated heterocycles. The van der Waals surface area contributed by atoms with Gasteiger partial charge in [-0.15, -0.1) is 5.10 Å². The topological polar surface area (TPSA) is 132 Å². The van der Waals surface area contributed by atoms with E-state index in [1.807, 2.05) is 31.2 Å². The summed E-state index contributed by atoms with van der Waals surface area (Å²) in [4.78, 5) is 16.9. The first-order chi connectivity index (χ1) is 15.3. The number of carbonyl (C=O) groups is 1. The van der Waals surface area contributed by atoms with Gasteiger partial charge in [-0.1, -0.05) is 36.5 Å². The summed E-state index contributed by atoms with van der Waals surface area (Å²) in [6, 6.07) is 12.1. The third-order valence-corrected chi connectivity index (χ3v) is 6.78. The van der Waals surface area contributed by atoms with Gasteiger partial charge in [0.2, 0.25) is 0 Å². The summed E-state index contributed by atoms with van der Waals surface area (Å²) in [5.41, 5.74) is 2.41. The largest absolute Gasteiger partial charge is 0.336 e. The summed E-state index contributed by atoms with van der Waals surface area (Å²) >= 11 is 1.34. The van der Waals surface area contributed by atoms with E-state index in [4.69, 9.17) is 0 Å². The van der Waals surface area contributed by atoms with Crippen LogP contribution in [-0.4, -0.2) is 52.4 Å². The number of tetrazole rings is 1. The van der Waals surface area contributed by atoms with Gasteiger partial charge in [-0.3, -0.25) is 5.32 Å². The van der Waals surface area contributed by atoms with Crippen molar-refractivity contribution in [2.75, 3.05) is 18.1 Å². The summed E-state index contributed by atoms with van der Waals surface area (Å²) in [6.07, 6.45) is 1.90. The second-order valence-corrected chi connectivity index (χ2v) is 10.1. The highest BCUT2D eigenvalue weighted by molar-refractivity contribution is 7.90. The first-order valence-corrected chi connectivity index (χ1v) is 12.6. The van der Waals surface area contributed by atoms with Gasteiger partial charge in [0.15, 0.2) is 20.8 Å². The molecule has 0 aliphatic heterocycles. The lowest BCUT2D eigenvalue weighted by atomic mass is 10.1. The van der Waals surface area contributed by atoms with Crippen LogP contribution in [0.5, 0.6) is 0 Å². The zero-order valence-electron chi connectivity index (χ0n) is 17.4. The Morgan fingerprint density at radius 3 is 2.75 bits per heavy atom. The zero-order valence-corrected chi connectivity index (χ0v) is 19.1. The Kier molecular flexibility index (Phi) is 6.15. The Labute approximate surface area is 188 Å². The van der Waals surface area contributed by atoms with Crippen molar-refractivity contribution in [3.63, 3.8) is 0 Å². The number of aryl methyl sites for hydroxylation is 1. The summed E-state index contributed by atoms with van der Waals surface area (Å²) in [6.45, 7) is 2.80. The van der Waals surface area contributed by atoms with Crippen molar-refractivity contribution in [1.82, 2.24) is 30.5 Å². The van der Waals surface area contributed by atoms with Gasteiger partial charge in [0.25, 0.3) is 0 Å². The maximum absolute atomic E-state index is 12.2. The van der Waals surface area contributed by atoms with E-state index in [9.17, 15) is 13.2 Å². The van der Waals surface area contributed by atoms with Gasteiger partial charge < -0.3 is 5.32 Å². The van der Waals surface area contributed by atoms with Gasteiger partial charge >= 0.3 is 6.03 Å². The number of benzene rings is 2. The first-order valence-electron chi connectivity index (χ1n) is 9.84. The summed E-state index contributed by atoms with van der Waals surface area (Å²) in [7, 11) is -3.29. The van der Waals surface area contributed by atoms with Crippen LogP contribution in [0.3, 0.4) is 0 Å². The minimum atomic E-state index is -3.29. The number of urea groups is 1. The normalized spacial score (nSPS) is 11.6. The van der Waals surface area contributed by atoms with Gasteiger partial charge in [0.1, 0.15) is 0 Å². The molecule has 0 aliphatic carbocycles. The molecule has 2 aromatic heterocycles. The van der Waals surface area contributed by atoms with Crippen LogP contribution in [0.1, 0.15) is 12.7 Å². The van der Waals surface area contributed by atoms with Gasteiger partial charge in [0.05, 0.1) is 21.7 Å². The molecule has 0 atom stereocenters. The average molecular weight is 472 g/mol. The van der Waals surface area contributed by atoms with Crippen LogP contribution in [0.25, 0.3) is 21.3 Å². The number of amides is 2. The lowest BCUT2D eigenvalue weighted by Gasteiger charge is -2.06. The smallest absolute Gasteiger partial charge is 0.321 e. The molecule has 166 valence electrons. The average Bonchev–Trinajstić information content (AvgIpc) is 3.38. The molecule has 32 heavy (non-hydrogen) atoms. The molecule has 0 saturated carbocycles. The molecule has 0 bridgehead atoms. The number of carbonyl (C=O) groups excluding carboxylic acids is 1. The molecule has 0 radical (unpaired) electrons. The van der Waals surface area contributed by atoms with E-state index in [1.54, 1.807) is 22.9 Å². The van der Waals surface area contributed by atoms with E-state index in [2.05, 4.69) is 31.1 Å². The van der Waals surface area contributed by atoms with Crippen LogP contribution >= 0.6 is 11.3 Å². The third kappa shape index (κ3) is 4.92. The highest BCUT2D eigenvalue weighted by atomic mass is 32.2. The molecule has 0 fully saturated rings. The van der Waals surface area contributed by atoms with Crippen LogP contribution in [0.4, 0.5) is 9.93 Å². The minimum Gasteiger partial charge on any atom is -0.336 e. The standard InChI is InChI=1S/C20H21N7O3S2/c1-3-18-24-25-26-27(18)10-9-21-19(28)23-20-22-16-8-7-14(12-17(16)31-20)13-5-4-6-15(11-13)32(2,29)30/h4-8,11-12H,3,9-10H2,1-2H3,(H2,21,22,23,28). The van der Waals surface area contributed by atoms with Crippen molar-refractivity contribution in [3.05, 3.63) is 48.3 Å². The van der Waals surface area contributed by atoms with E-state index >= 15 is 0 Å². The summed E-state index contributed by atoms with van der Waals surface area (Å²) in [5.74, 6) is 0.760. The molecule has 10 nitrogen and oxygen atoms in total. The lowest BCUT2D eigenvalue weighted by molar-refractivity contribution is 0.251. The van der Waals surface area contributed by atoms with Crippen LogP contribution in [0.2, 0.25) is 0 Å². The number of hydrogen-bond acceptors (Lipinski definition) is 8. The maximum Gasteiger partial charge on any atom is 0.321 e. The summed E-state index contributed by atoms with van der Waals surface area (Å²) in [5, 5.41) is 17.4. The van der Waals surface area contributed by atoms with Crippen LogP contribution in [0, 0.1) is 0 Å². The minimum absolute atomic E-state index is 0.270. The molecule has 0 spiro atoms. The Morgan fingerprint density at radius 2 is 1.97 bits per heavy atom. The van der Waals surface area contributed by atoms with Crippen LogP contribution in [-0.2, 0) is 22.8 Å². The third-order valence-electron chi connectivity index (χ3n) is 4.74. The van der Waals surface area contributed by atoms with E-state index in [1.165, 1.54) is 17.6 Å². The van der Waals surface area contributed by atoms with Crippen molar-refractivity contribution in [2.24, 2.45) is 0 Å². The van der Waals surface area contributed by atoms with Crippen molar-refractivity contribution < 1.29 is 13.2 Å². The fourth-order valence-electron chi connectivity index (χ4n) is 3.13. The van der Waals surface area contributed by atoms with E-state index in [0.717, 1.165) is 27.2 Å². The number of thiazole rings is 1. The van der Waals surface area contributed by atoms with Crippen LogP contribution < -0.4 is 10.6 Å². The second-order valence-electron chi connectivity index (χ2n) is 7.05. The van der Waals surface area contributed by atoms with E-state index in [0.29, 0.717) is 24.6 Å². The van der Waals surface area contributed by atoms with E-state index < -0.39 is 9.84 Å². The number of anilines is 1.